The van der Waals surface area contributed by atoms with Crippen LogP contribution < -0.4 is 4.72 Å². The molecule has 0 unspecified atom stereocenters. The van der Waals surface area contributed by atoms with Gasteiger partial charge in [0.05, 0.1) is 11.4 Å². The van der Waals surface area contributed by atoms with E-state index in [0.29, 0.717) is 16.4 Å². The smallest absolute Gasteiger partial charge is 0.263 e. The Hall–Kier alpha value is -2.65. The van der Waals surface area contributed by atoms with Gasteiger partial charge in [0.2, 0.25) is 5.91 Å². The van der Waals surface area contributed by atoms with Crippen molar-refractivity contribution in [2.75, 3.05) is 17.8 Å². The summed E-state index contributed by atoms with van der Waals surface area (Å²) in [6.45, 7) is 5.35. The molecule has 1 fully saturated rings. The molecule has 3 aromatic rings. The second-order valence-electron chi connectivity index (χ2n) is 7.84. The zero-order chi connectivity index (χ0) is 22.0. The lowest BCUT2D eigenvalue weighted by Crippen LogP contribution is -2.37. The van der Waals surface area contributed by atoms with Crippen LogP contribution in [0.3, 0.4) is 0 Å². The number of benzene rings is 1. The molecule has 0 bridgehead atoms. The van der Waals surface area contributed by atoms with E-state index in [9.17, 15) is 13.2 Å². The fourth-order valence-corrected chi connectivity index (χ4v) is 5.69. The number of nitrogens with zero attached hydrogens (tertiary/aromatic N) is 3. The molecule has 0 aliphatic carbocycles. The van der Waals surface area contributed by atoms with Gasteiger partial charge < -0.3 is 9.47 Å². The first-order valence-corrected chi connectivity index (χ1v) is 12.7. The predicted octanol–water partition coefficient (Wildman–Crippen LogP) is 4.04. The molecule has 4 rings (SSSR count). The Bertz CT molecular complexity index is 1190. The molecule has 3 heterocycles. The van der Waals surface area contributed by atoms with Gasteiger partial charge >= 0.3 is 0 Å². The zero-order valence-electron chi connectivity index (χ0n) is 17.7. The van der Waals surface area contributed by atoms with Crippen molar-refractivity contribution in [1.29, 1.82) is 0 Å². The van der Waals surface area contributed by atoms with E-state index in [2.05, 4.69) is 9.71 Å². The van der Waals surface area contributed by atoms with Crippen LogP contribution in [0.4, 0.5) is 5.69 Å². The average molecular weight is 459 g/mol. The maximum Gasteiger partial charge on any atom is 0.263 e. The van der Waals surface area contributed by atoms with Gasteiger partial charge in [-0.25, -0.2) is 13.4 Å². The fraction of sp³-hybridized carbons (Fsp3) is 0.364. The van der Waals surface area contributed by atoms with Crippen molar-refractivity contribution in [3.05, 3.63) is 53.2 Å². The van der Waals surface area contributed by atoms with Gasteiger partial charge in [0.25, 0.3) is 10.0 Å². The van der Waals surface area contributed by atoms with Crippen LogP contribution in [0.25, 0.3) is 10.7 Å². The van der Waals surface area contributed by atoms with E-state index < -0.39 is 10.0 Å². The normalized spacial score (nSPS) is 14.6. The van der Waals surface area contributed by atoms with Crippen LogP contribution in [-0.4, -0.2) is 41.9 Å². The molecule has 1 aliphatic rings. The number of amides is 1. The second-order valence-corrected chi connectivity index (χ2v) is 10.4. The molecule has 7 nitrogen and oxygen atoms in total. The molecule has 1 aromatic carbocycles. The number of sulfonamides is 1. The number of rotatable bonds is 6. The first kappa shape index (κ1) is 21.6. The zero-order valence-corrected chi connectivity index (χ0v) is 19.3. The molecule has 31 heavy (non-hydrogen) atoms. The molecule has 1 saturated heterocycles. The molecular formula is C22H26N4O3S2. The van der Waals surface area contributed by atoms with E-state index in [1.807, 2.05) is 36.3 Å². The predicted molar refractivity (Wildman–Crippen MR) is 123 cm³/mol. The number of hydrogen-bond acceptors (Lipinski definition) is 5. The van der Waals surface area contributed by atoms with Crippen LogP contribution in [0.15, 0.2) is 46.8 Å². The third-order valence-electron chi connectivity index (χ3n) is 5.42. The van der Waals surface area contributed by atoms with Gasteiger partial charge in [-0.3, -0.25) is 9.52 Å². The number of anilines is 1. The van der Waals surface area contributed by atoms with Gasteiger partial charge in [-0.15, -0.1) is 11.3 Å². The lowest BCUT2D eigenvalue weighted by atomic mass is 10.1. The van der Waals surface area contributed by atoms with E-state index in [1.165, 1.54) is 17.5 Å². The standard InChI is InChI=1S/C22H26N4O3S2/c1-16-8-4-5-9-19(16)24-31(28,29)18-12-20(22-23-17(2)15-30-22)26(13-18)14-21(27)25-10-6-3-7-11-25/h4-5,8-9,12-13,15,24H,3,6-7,10-11,14H2,1-2H3. The van der Waals surface area contributed by atoms with Crippen molar-refractivity contribution >= 4 is 33.0 Å². The van der Waals surface area contributed by atoms with Crippen LogP contribution in [0.2, 0.25) is 0 Å². The number of aryl methyl sites for hydroxylation is 2. The fourth-order valence-electron chi connectivity index (χ4n) is 3.69. The highest BCUT2D eigenvalue weighted by Gasteiger charge is 2.24. The molecular weight excluding hydrogens is 432 g/mol. The third kappa shape index (κ3) is 4.83. The number of carbonyl (C=O) groups is 1. The van der Waals surface area contributed by atoms with Crippen LogP contribution in [0, 0.1) is 13.8 Å². The lowest BCUT2D eigenvalue weighted by molar-refractivity contribution is -0.132. The van der Waals surface area contributed by atoms with Crippen LogP contribution in [-0.2, 0) is 21.4 Å². The summed E-state index contributed by atoms with van der Waals surface area (Å²) in [5.74, 6) is 0.000592. The summed E-state index contributed by atoms with van der Waals surface area (Å²) in [6, 6.07) is 8.83. The molecule has 2 aromatic heterocycles. The largest absolute Gasteiger partial charge is 0.341 e. The SMILES string of the molecule is Cc1csc(-c2cc(S(=O)(=O)Nc3ccccc3C)cn2CC(=O)N2CCCCC2)n1. The number of thiazole rings is 1. The summed E-state index contributed by atoms with van der Waals surface area (Å²) in [5, 5.41) is 2.61. The Kier molecular flexibility index (Phi) is 6.15. The van der Waals surface area contributed by atoms with Gasteiger partial charge in [-0.1, -0.05) is 18.2 Å². The van der Waals surface area contributed by atoms with Crippen molar-refractivity contribution in [2.45, 2.75) is 44.6 Å². The van der Waals surface area contributed by atoms with Gasteiger partial charge in [-0.2, -0.15) is 0 Å². The number of carbonyl (C=O) groups excluding carboxylic acids is 1. The molecule has 164 valence electrons. The number of aromatic nitrogens is 2. The van der Waals surface area contributed by atoms with Crippen molar-refractivity contribution in [3.8, 4) is 10.7 Å². The van der Waals surface area contributed by atoms with Gasteiger partial charge in [0, 0.05) is 30.4 Å². The Labute approximate surface area is 186 Å². The van der Waals surface area contributed by atoms with Gasteiger partial charge in [0.15, 0.2) is 0 Å². The van der Waals surface area contributed by atoms with Crippen molar-refractivity contribution in [1.82, 2.24) is 14.5 Å². The molecule has 1 amide bonds. The minimum atomic E-state index is -3.82. The van der Waals surface area contributed by atoms with Gasteiger partial charge in [-0.05, 0) is 50.8 Å². The van der Waals surface area contributed by atoms with Crippen molar-refractivity contribution < 1.29 is 13.2 Å². The maximum absolute atomic E-state index is 13.1. The highest BCUT2D eigenvalue weighted by atomic mass is 32.2. The summed E-state index contributed by atoms with van der Waals surface area (Å²) in [7, 11) is -3.82. The number of hydrogen-bond donors (Lipinski definition) is 1. The molecule has 0 saturated carbocycles. The molecule has 0 atom stereocenters. The summed E-state index contributed by atoms with van der Waals surface area (Å²) < 4.78 is 30.6. The summed E-state index contributed by atoms with van der Waals surface area (Å²) >= 11 is 1.44. The lowest BCUT2D eigenvalue weighted by Gasteiger charge is -2.27. The van der Waals surface area contributed by atoms with Crippen LogP contribution in [0.5, 0.6) is 0 Å². The minimum absolute atomic E-state index is 0.000592. The van der Waals surface area contributed by atoms with E-state index in [-0.39, 0.29) is 17.3 Å². The van der Waals surface area contributed by atoms with Gasteiger partial charge in [0.1, 0.15) is 16.4 Å². The van der Waals surface area contributed by atoms with Crippen LogP contribution in [0.1, 0.15) is 30.5 Å². The Morgan fingerprint density at radius 2 is 1.90 bits per heavy atom. The molecule has 9 heteroatoms. The minimum Gasteiger partial charge on any atom is -0.341 e. The quantitative estimate of drug-likeness (QED) is 0.604. The topological polar surface area (TPSA) is 84.3 Å². The molecule has 0 radical (unpaired) electrons. The number of nitrogens with one attached hydrogen (secondary N) is 1. The summed E-state index contributed by atoms with van der Waals surface area (Å²) in [5.41, 5.74) is 2.86. The Balaban J connectivity index is 1.67. The third-order valence-corrected chi connectivity index (χ3v) is 7.74. The molecule has 0 spiro atoms. The van der Waals surface area contributed by atoms with E-state index in [0.717, 1.165) is 43.6 Å². The Morgan fingerprint density at radius 3 is 2.58 bits per heavy atom. The first-order chi connectivity index (χ1) is 14.8. The van der Waals surface area contributed by atoms with E-state index in [4.69, 9.17) is 0 Å². The average Bonchev–Trinajstić information content (AvgIpc) is 3.37. The van der Waals surface area contributed by atoms with E-state index in [1.54, 1.807) is 22.8 Å². The highest BCUT2D eigenvalue weighted by molar-refractivity contribution is 7.92. The molecule has 1 N–H and O–H groups in total. The monoisotopic (exact) mass is 458 g/mol. The molecule has 1 aliphatic heterocycles. The highest BCUT2D eigenvalue weighted by Crippen LogP contribution is 2.29. The number of piperidine rings is 1. The number of likely N-dealkylation sites (tertiary alicyclic amines) is 1. The number of para-hydroxylation sites is 1. The Morgan fingerprint density at radius 1 is 1.16 bits per heavy atom. The van der Waals surface area contributed by atoms with Crippen molar-refractivity contribution in [2.24, 2.45) is 0 Å². The van der Waals surface area contributed by atoms with Crippen molar-refractivity contribution in [3.63, 3.8) is 0 Å². The maximum atomic E-state index is 13.1. The summed E-state index contributed by atoms with van der Waals surface area (Å²) in [6.07, 6.45) is 4.70. The first-order valence-electron chi connectivity index (χ1n) is 10.3. The summed E-state index contributed by atoms with van der Waals surface area (Å²) in [4.78, 5) is 19.4. The second kappa shape index (κ2) is 8.84. The van der Waals surface area contributed by atoms with E-state index >= 15 is 0 Å². The van der Waals surface area contributed by atoms with Crippen LogP contribution >= 0.6 is 11.3 Å².